The van der Waals surface area contributed by atoms with Crippen molar-refractivity contribution in [3.8, 4) is 11.1 Å². The van der Waals surface area contributed by atoms with Gasteiger partial charge < -0.3 is 15.5 Å². The maximum absolute atomic E-state index is 13.6. The number of halogens is 1. The van der Waals surface area contributed by atoms with Gasteiger partial charge in [-0.15, -0.1) is 0 Å². The molecule has 43 heavy (non-hydrogen) atoms. The molecule has 1 saturated heterocycles. The highest BCUT2D eigenvalue weighted by molar-refractivity contribution is 7.88. The summed E-state index contributed by atoms with van der Waals surface area (Å²) in [4.78, 5) is 28.5. The molecule has 0 aromatic heterocycles. The monoisotopic (exact) mass is 606 g/mol. The van der Waals surface area contributed by atoms with Crippen LogP contribution in [0.25, 0.3) is 11.1 Å². The van der Waals surface area contributed by atoms with E-state index in [0.29, 0.717) is 23.9 Å². The molecule has 0 bridgehead atoms. The van der Waals surface area contributed by atoms with Crippen molar-refractivity contribution < 1.29 is 22.4 Å². The summed E-state index contributed by atoms with van der Waals surface area (Å²) in [5, 5.41) is 6.51. The molecule has 2 N–H and O–H groups in total. The number of carbonyl (C=O) groups is 2. The van der Waals surface area contributed by atoms with Crippen molar-refractivity contribution >= 4 is 21.8 Å². The molecule has 228 valence electrons. The average molecular weight is 607 g/mol. The lowest BCUT2D eigenvalue weighted by Crippen LogP contribution is -2.55. The quantitative estimate of drug-likeness (QED) is 0.304. The summed E-state index contributed by atoms with van der Waals surface area (Å²) in [5.74, 6) is -0.334. The van der Waals surface area contributed by atoms with Crippen LogP contribution in [0.15, 0.2) is 78.9 Å². The van der Waals surface area contributed by atoms with Crippen LogP contribution in [0, 0.1) is 5.82 Å². The fourth-order valence-corrected chi connectivity index (χ4v) is 6.49. The Morgan fingerprint density at radius 3 is 2.19 bits per heavy atom. The number of nitrogens with one attached hydrogen (secondary N) is 2. The van der Waals surface area contributed by atoms with Crippen LogP contribution >= 0.6 is 0 Å². The van der Waals surface area contributed by atoms with Gasteiger partial charge in [0.1, 0.15) is 11.9 Å². The average Bonchev–Trinajstić information content (AvgIpc) is 3.80. The molecule has 3 aromatic carbocycles. The Morgan fingerprint density at radius 1 is 0.884 bits per heavy atom. The van der Waals surface area contributed by atoms with Crippen LogP contribution in [0.4, 0.5) is 4.39 Å². The zero-order valence-corrected chi connectivity index (χ0v) is 25.2. The van der Waals surface area contributed by atoms with Crippen molar-refractivity contribution in [3.05, 3.63) is 95.8 Å². The molecule has 2 fully saturated rings. The molecule has 1 heterocycles. The largest absolute Gasteiger partial charge is 0.340 e. The number of sulfonamides is 1. The van der Waals surface area contributed by atoms with E-state index in [9.17, 15) is 22.4 Å². The van der Waals surface area contributed by atoms with Crippen LogP contribution < -0.4 is 10.6 Å². The molecule has 1 aliphatic heterocycles. The lowest BCUT2D eigenvalue weighted by molar-refractivity contribution is -0.134. The summed E-state index contributed by atoms with van der Waals surface area (Å²) >= 11 is 0. The van der Waals surface area contributed by atoms with Crippen molar-refractivity contribution in [1.29, 1.82) is 0 Å². The molecule has 1 saturated carbocycles. The van der Waals surface area contributed by atoms with Gasteiger partial charge in [-0.1, -0.05) is 54.6 Å². The molecule has 8 nitrogen and oxygen atoms in total. The highest BCUT2D eigenvalue weighted by Gasteiger charge is 2.37. The second-order valence-corrected chi connectivity index (χ2v) is 13.4. The maximum atomic E-state index is 13.6. The number of amides is 2. The minimum Gasteiger partial charge on any atom is -0.340 e. The van der Waals surface area contributed by atoms with Crippen LogP contribution in [0.1, 0.15) is 47.5 Å². The number of nitrogens with zero attached hydrogens (tertiary/aromatic N) is 2. The van der Waals surface area contributed by atoms with E-state index in [1.165, 1.54) is 22.7 Å². The molecular weight excluding hydrogens is 567 g/mol. The predicted molar refractivity (Wildman–Crippen MR) is 166 cm³/mol. The van der Waals surface area contributed by atoms with Crippen LogP contribution in [0.2, 0.25) is 0 Å². The normalized spacial score (nSPS) is 19.5. The van der Waals surface area contributed by atoms with Gasteiger partial charge in [0.25, 0.3) is 5.91 Å². The Labute approximate surface area is 253 Å². The van der Waals surface area contributed by atoms with E-state index in [4.69, 9.17) is 0 Å². The van der Waals surface area contributed by atoms with Crippen LogP contribution in [-0.4, -0.2) is 80.5 Å². The summed E-state index contributed by atoms with van der Waals surface area (Å²) in [5.41, 5.74) is 3.67. The molecule has 5 rings (SSSR count). The van der Waals surface area contributed by atoms with Gasteiger partial charge in [-0.05, 0) is 73.2 Å². The highest BCUT2D eigenvalue weighted by atomic mass is 32.2. The van der Waals surface area contributed by atoms with E-state index in [2.05, 4.69) is 10.6 Å². The molecule has 0 spiro atoms. The molecule has 10 heteroatoms. The number of benzene rings is 3. The number of rotatable bonds is 12. The van der Waals surface area contributed by atoms with Gasteiger partial charge in [-0.2, -0.15) is 4.31 Å². The zero-order chi connectivity index (χ0) is 30.4. The molecule has 2 amide bonds. The molecule has 2 aliphatic rings. The maximum Gasteiger partial charge on any atom is 0.251 e. The van der Waals surface area contributed by atoms with E-state index >= 15 is 0 Å². The van der Waals surface area contributed by atoms with Crippen LogP contribution in [-0.2, 0) is 14.8 Å². The van der Waals surface area contributed by atoms with Crippen molar-refractivity contribution in [2.24, 2.45) is 0 Å². The predicted octanol–water partition coefficient (Wildman–Crippen LogP) is 4.01. The zero-order valence-electron chi connectivity index (χ0n) is 24.4. The summed E-state index contributed by atoms with van der Waals surface area (Å²) in [6.07, 6.45) is 4.24. The first-order chi connectivity index (χ1) is 20.7. The molecule has 1 aliphatic carbocycles. The van der Waals surface area contributed by atoms with E-state index in [1.54, 1.807) is 17.0 Å². The smallest absolute Gasteiger partial charge is 0.251 e. The fraction of sp³-hybridized carbons (Fsp3) is 0.394. The van der Waals surface area contributed by atoms with Gasteiger partial charge >= 0.3 is 0 Å². The number of hydrogen-bond acceptors (Lipinski definition) is 5. The Hall–Kier alpha value is -3.60. The summed E-state index contributed by atoms with van der Waals surface area (Å²) in [7, 11) is -3.32. The standard InChI is InChI=1S/C33H39FN4O4S/c1-43(41,42)38-21-19-37(20-22-38)33(40)30(9-5-6-18-35-31-23-29(31)26-14-16-28(34)17-15-26)36-32(39)27-12-10-25(11-13-27)24-7-3-2-4-8-24/h2-4,7-8,10-17,29-31,35H,5-6,9,18-23H2,1H3,(H,36,39)/t29-,30?,31+/m0/s1. The van der Waals surface area contributed by atoms with Gasteiger partial charge in [0.2, 0.25) is 15.9 Å². The molecule has 3 aromatic rings. The van der Waals surface area contributed by atoms with Gasteiger partial charge in [0.15, 0.2) is 0 Å². The topological polar surface area (TPSA) is 98.8 Å². The van der Waals surface area contributed by atoms with Crippen molar-refractivity contribution in [3.63, 3.8) is 0 Å². The van der Waals surface area contributed by atoms with Crippen LogP contribution in [0.5, 0.6) is 0 Å². The molecule has 1 unspecified atom stereocenters. The van der Waals surface area contributed by atoms with Gasteiger partial charge in [-0.25, -0.2) is 12.8 Å². The van der Waals surface area contributed by atoms with E-state index in [0.717, 1.165) is 42.5 Å². The summed E-state index contributed by atoms with van der Waals surface area (Å²) < 4.78 is 38.5. The van der Waals surface area contributed by atoms with Crippen LogP contribution in [0.3, 0.4) is 0 Å². The first-order valence-electron chi connectivity index (χ1n) is 14.9. The minimum atomic E-state index is -3.32. The Kier molecular flexibility index (Phi) is 9.90. The van der Waals surface area contributed by atoms with Gasteiger partial charge in [-0.3, -0.25) is 9.59 Å². The molecular formula is C33H39FN4O4S. The highest BCUT2D eigenvalue weighted by Crippen LogP contribution is 2.40. The van der Waals surface area contributed by atoms with Crippen molar-refractivity contribution in [1.82, 2.24) is 19.8 Å². The van der Waals surface area contributed by atoms with Gasteiger partial charge in [0, 0.05) is 43.7 Å². The first-order valence-corrected chi connectivity index (χ1v) is 16.7. The number of unbranched alkanes of at least 4 members (excludes halogenated alkanes) is 1. The third-order valence-electron chi connectivity index (χ3n) is 8.29. The van der Waals surface area contributed by atoms with E-state index < -0.39 is 16.1 Å². The number of hydrogen-bond donors (Lipinski definition) is 2. The number of piperazine rings is 1. The van der Waals surface area contributed by atoms with E-state index in [-0.39, 0.29) is 43.8 Å². The van der Waals surface area contributed by atoms with Gasteiger partial charge in [0.05, 0.1) is 6.26 Å². The minimum absolute atomic E-state index is 0.186. The first kappa shape index (κ1) is 30.8. The Balaban J connectivity index is 1.16. The Bertz CT molecular complexity index is 1490. The lowest BCUT2D eigenvalue weighted by Gasteiger charge is -2.35. The summed E-state index contributed by atoms with van der Waals surface area (Å²) in [6, 6.07) is 23.6. The van der Waals surface area contributed by atoms with E-state index in [1.807, 2.05) is 54.6 Å². The SMILES string of the molecule is CS(=O)(=O)N1CCN(C(=O)C(CCCCN[C@@H]2C[C@H]2c2ccc(F)cc2)NC(=O)c2ccc(-c3ccccc3)cc2)CC1. The van der Waals surface area contributed by atoms with Crippen molar-refractivity contribution in [2.45, 2.75) is 43.7 Å². The lowest BCUT2D eigenvalue weighted by atomic mass is 10.0. The summed E-state index contributed by atoms with van der Waals surface area (Å²) in [6.45, 7) is 1.85. The molecule has 3 atom stereocenters. The fourth-order valence-electron chi connectivity index (χ4n) is 5.66. The second-order valence-electron chi connectivity index (χ2n) is 11.4. The molecule has 0 radical (unpaired) electrons. The van der Waals surface area contributed by atoms with Crippen molar-refractivity contribution in [2.75, 3.05) is 39.0 Å². The Morgan fingerprint density at radius 2 is 1.53 bits per heavy atom. The number of carbonyl (C=O) groups excluding carboxylic acids is 2. The third-order valence-corrected chi connectivity index (χ3v) is 9.59. The second kappa shape index (κ2) is 13.8. The third kappa shape index (κ3) is 8.28.